The Bertz CT molecular complexity index is 1490. The Morgan fingerprint density at radius 1 is 1.05 bits per heavy atom. The molecular weight excluding hydrogens is 556 g/mol. The third-order valence-electron chi connectivity index (χ3n) is 7.54. The minimum atomic E-state index is -3.39. The first-order valence-electron chi connectivity index (χ1n) is 13.9. The number of hydrogen-bond acceptors (Lipinski definition) is 7. The van der Waals surface area contributed by atoms with Crippen LogP contribution in [0.15, 0.2) is 72.8 Å². The van der Waals surface area contributed by atoms with Crippen molar-refractivity contribution in [1.29, 1.82) is 0 Å². The summed E-state index contributed by atoms with van der Waals surface area (Å²) in [7, 11) is -1.68. The number of nitrogens with zero attached hydrogens (tertiary/aromatic N) is 1. The summed E-state index contributed by atoms with van der Waals surface area (Å²) in [6, 6.07) is 21.7. The van der Waals surface area contributed by atoms with Crippen molar-refractivity contribution >= 4 is 21.7 Å². The third-order valence-corrected chi connectivity index (χ3v) is 8.52. The van der Waals surface area contributed by atoms with Gasteiger partial charge in [0.15, 0.2) is 0 Å². The van der Waals surface area contributed by atoms with Crippen LogP contribution in [0.1, 0.15) is 34.3 Å². The molecule has 1 amide bonds. The number of amides is 1. The van der Waals surface area contributed by atoms with Crippen molar-refractivity contribution in [2.75, 3.05) is 32.3 Å². The van der Waals surface area contributed by atoms with E-state index in [0.717, 1.165) is 41.7 Å². The highest BCUT2D eigenvalue weighted by Crippen LogP contribution is 2.30. The first kappa shape index (κ1) is 31.2. The summed E-state index contributed by atoms with van der Waals surface area (Å²) in [5.74, 6) is -1.39. The average molecular weight is 595 g/mol. The van der Waals surface area contributed by atoms with Crippen molar-refractivity contribution in [3.05, 3.63) is 89.5 Å². The quantitative estimate of drug-likeness (QED) is 0.305. The van der Waals surface area contributed by atoms with Gasteiger partial charge in [0, 0.05) is 38.1 Å². The molecule has 0 aliphatic carbocycles. The number of methoxy groups -OCH3 is 1. The Balaban J connectivity index is 1.59. The maximum Gasteiger partial charge on any atom is 0.326 e. The van der Waals surface area contributed by atoms with Crippen molar-refractivity contribution < 1.29 is 32.6 Å². The smallest absolute Gasteiger partial charge is 0.326 e. The number of carbonyl (C=O) groups is 2. The first-order valence-corrected chi connectivity index (χ1v) is 15.9. The van der Waals surface area contributed by atoms with Gasteiger partial charge in [0.1, 0.15) is 28.2 Å². The molecule has 1 fully saturated rings. The van der Waals surface area contributed by atoms with Crippen molar-refractivity contribution in [3.8, 4) is 16.9 Å². The number of nitrogens with one attached hydrogen (secondary N) is 1. The van der Waals surface area contributed by atoms with E-state index in [1.54, 1.807) is 13.2 Å². The first-order chi connectivity index (χ1) is 20.0. The van der Waals surface area contributed by atoms with Crippen molar-refractivity contribution in [1.82, 2.24) is 10.2 Å². The number of benzene rings is 3. The number of sulfone groups is 1. The zero-order chi connectivity index (χ0) is 30.3. The lowest BCUT2D eigenvalue weighted by Crippen LogP contribution is -2.42. The number of rotatable bonds is 13. The minimum absolute atomic E-state index is 0.0788. The Morgan fingerprint density at radius 3 is 2.43 bits per heavy atom. The van der Waals surface area contributed by atoms with Crippen molar-refractivity contribution in [2.45, 2.75) is 44.5 Å². The van der Waals surface area contributed by atoms with Crippen LogP contribution in [0, 0.1) is 6.92 Å². The van der Waals surface area contributed by atoms with E-state index >= 15 is 0 Å². The van der Waals surface area contributed by atoms with Gasteiger partial charge in [-0.15, -0.1) is 0 Å². The molecule has 1 aliphatic heterocycles. The maximum absolute atomic E-state index is 13.4. The molecule has 9 nitrogen and oxygen atoms in total. The highest BCUT2D eigenvalue weighted by atomic mass is 32.2. The largest absolute Gasteiger partial charge is 0.492 e. The second kappa shape index (κ2) is 14.0. The Labute approximate surface area is 247 Å². The van der Waals surface area contributed by atoms with Crippen molar-refractivity contribution in [2.24, 2.45) is 0 Å². The van der Waals surface area contributed by atoms with E-state index in [1.807, 2.05) is 73.7 Å². The molecule has 0 bridgehead atoms. The van der Waals surface area contributed by atoms with E-state index in [4.69, 9.17) is 9.47 Å². The minimum Gasteiger partial charge on any atom is -0.492 e. The zero-order valence-electron chi connectivity index (χ0n) is 24.2. The Hall–Kier alpha value is -3.73. The van der Waals surface area contributed by atoms with Crippen LogP contribution < -0.4 is 10.1 Å². The monoisotopic (exact) mass is 594 g/mol. The van der Waals surface area contributed by atoms with Gasteiger partial charge in [-0.3, -0.25) is 9.69 Å². The van der Waals surface area contributed by atoms with Crippen LogP contribution in [0.5, 0.6) is 5.75 Å². The molecule has 0 radical (unpaired) electrons. The number of carboxylic acids is 1. The highest BCUT2D eigenvalue weighted by molar-refractivity contribution is 7.90. The molecule has 1 heterocycles. The second-order valence-electron chi connectivity index (χ2n) is 10.8. The number of para-hydroxylation sites is 1. The summed E-state index contributed by atoms with van der Waals surface area (Å²) in [6.45, 7) is 3.81. The summed E-state index contributed by atoms with van der Waals surface area (Å²) < 4.78 is 35.0. The van der Waals surface area contributed by atoms with Gasteiger partial charge < -0.3 is 19.9 Å². The summed E-state index contributed by atoms with van der Waals surface area (Å²) in [5, 5.41) is 12.2. The highest BCUT2D eigenvalue weighted by Gasteiger charge is 2.33. The SMILES string of the molecule is CO[C@H]1C[C@H](COc2ccccc2)N(Cc2ccc(C(=O)N[C@@H](CCS(C)(=O)=O)C(=O)O)c(-c3ccccc3C)c2)C1. The van der Waals surface area contributed by atoms with Crippen LogP contribution in [0.4, 0.5) is 0 Å². The van der Waals surface area contributed by atoms with Crippen LogP contribution in [0.3, 0.4) is 0 Å². The van der Waals surface area contributed by atoms with Crippen LogP contribution in [-0.4, -0.2) is 80.8 Å². The fourth-order valence-electron chi connectivity index (χ4n) is 5.23. The molecule has 3 aromatic carbocycles. The van der Waals surface area contributed by atoms with E-state index in [0.29, 0.717) is 24.3 Å². The molecule has 1 aliphatic rings. The summed E-state index contributed by atoms with van der Waals surface area (Å²) in [5.41, 5.74) is 3.80. The molecule has 1 saturated heterocycles. The van der Waals surface area contributed by atoms with E-state index in [2.05, 4.69) is 10.2 Å². The summed E-state index contributed by atoms with van der Waals surface area (Å²) >= 11 is 0. The molecule has 0 saturated carbocycles. The molecule has 3 atom stereocenters. The zero-order valence-corrected chi connectivity index (χ0v) is 25.0. The predicted octanol–water partition coefficient (Wildman–Crippen LogP) is 3.95. The molecule has 3 aromatic rings. The van der Waals surface area contributed by atoms with Crippen molar-refractivity contribution in [3.63, 3.8) is 0 Å². The van der Waals surface area contributed by atoms with Crippen LogP contribution in [0.2, 0.25) is 0 Å². The number of ether oxygens (including phenoxy) is 2. The number of aliphatic carboxylic acids is 1. The van der Waals surface area contributed by atoms with E-state index in [1.165, 1.54) is 0 Å². The Kier molecular flexibility index (Phi) is 10.4. The number of hydrogen-bond donors (Lipinski definition) is 2. The summed E-state index contributed by atoms with van der Waals surface area (Å²) in [4.78, 5) is 27.6. The molecule has 0 aromatic heterocycles. The lowest BCUT2D eigenvalue weighted by Gasteiger charge is -2.25. The molecule has 42 heavy (non-hydrogen) atoms. The lowest BCUT2D eigenvalue weighted by atomic mass is 9.93. The maximum atomic E-state index is 13.4. The average Bonchev–Trinajstić information content (AvgIpc) is 3.35. The van der Waals surface area contributed by atoms with Gasteiger partial charge in [-0.05, 0) is 66.3 Å². The van der Waals surface area contributed by atoms with Gasteiger partial charge in [0.05, 0.1) is 11.9 Å². The number of aryl methyl sites for hydroxylation is 1. The van der Waals surface area contributed by atoms with E-state index in [9.17, 15) is 23.1 Å². The Morgan fingerprint density at radius 2 is 1.76 bits per heavy atom. The van der Waals surface area contributed by atoms with Gasteiger partial charge in [0.25, 0.3) is 5.91 Å². The van der Waals surface area contributed by atoms with E-state index < -0.39 is 27.8 Å². The molecule has 0 spiro atoms. The van der Waals surface area contributed by atoms with Gasteiger partial charge in [-0.2, -0.15) is 0 Å². The van der Waals surface area contributed by atoms with Gasteiger partial charge in [-0.25, -0.2) is 13.2 Å². The predicted molar refractivity (Wildman–Crippen MR) is 161 cm³/mol. The normalized spacial score (nSPS) is 18.0. The molecule has 0 unspecified atom stereocenters. The third kappa shape index (κ3) is 8.40. The molecule has 224 valence electrons. The molecular formula is C32H38N2O7S. The fraction of sp³-hybridized carbons (Fsp3) is 0.375. The number of carbonyl (C=O) groups excluding carboxylic acids is 1. The van der Waals surface area contributed by atoms with Crippen LogP contribution >= 0.6 is 0 Å². The standard InChI is InChI=1S/C32H38N2O7S/c1-22-9-7-8-12-27(22)29-17-23(13-14-28(29)31(35)33-30(32(36)37)15-16-42(3,38)39)19-34-20-26(40-2)18-24(34)21-41-25-10-5-4-6-11-25/h4-14,17,24,26,30H,15-16,18-21H2,1-3H3,(H,33,35)(H,36,37)/t24-,26+,30+/m1/s1. The molecule has 10 heteroatoms. The van der Waals surface area contributed by atoms with E-state index in [-0.39, 0.29) is 24.3 Å². The van der Waals surface area contributed by atoms with Crippen LogP contribution in [0.25, 0.3) is 11.1 Å². The van der Waals surface area contributed by atoms with Gasteiger partial charge in [0.2, 0.25) is 0 Å². The molecule has 4 rings (SSSR count). The lowest BCUT2D eigenvalue weighted by molar-refractivity contribution is -0.139. The second-order valence-corrected chi connectivity index (χ2v) is 13.0. The number of likely N-dealkylation sites (tertiary alicyclic amines) is 1. The van der Waals surface area contributed by atoms with Gasteiger partial charge >= 0.3 is 5.97 Å². The summed E-state index contributed by atoms with van der Waals surface area (Å²) in [6.07, 6.45) is 1.73. The van der Waals surface area contributed by atoms with Crippen LogP contribution in [-0.2, 0) is 25.9 Å². The van der Waals surface area contributed by atoms with Gasteiger partial charge in [-0.1, -0.05) is 48.5 Å². The molecule has 2 N–H and O–H groups in total. The topological polar surface area (TPSA) is 122 Å². The number of carboxylic acid groups (broad SMARTS) is 1. The fourth-order valence-corrected chi connectivity index (χ4v) is 5.89.